The highest BCUT2D eigenvalue weighted by molar-refractivity contribution is 7.20. The van der Waals surface area contributed by atoms with E-state index in [1.165, 1.54) is 29.5 Å². The number of rotatable bonds is 5. The third kappa shape index (κ3) is 3.92. The lowest BCUT2D eigenvalue weighted by Gasteiger charge is -2.11. The number of fused-ring (bicyclic) bond motifs is 1. The number of hydrogen-bond donors (Lipinski definition) is 1. The van der Waals surface area contributed by atoms with Gasteiger partial charge in [0.1, 0.15) is 16.7 Å². The minimum Gasteiger partial charge on any atom is -0.332 e. The minimum atomic E-state index is -1.07. The van der Waals surface area contributed by atoms with Crippen LogP contribution in [0.4, 0.5) is 4.39 Å². The summed E-state index contributed by atoms with van der Waals surface area (Å²) in [5.74, 6) is -0.960. The Kier molecular flexibility index (Phi) is 5.53. The number of benzene rings is 2. The van der Waals surface area contributed by atoms with Crippen LogP contribution in [-0.4, -0.2) is 15.7 Å². The van der Waals surface area contributed by atoms with Gasteiger partial charge in [-0.25, -0.2) is 4.39 Å². The van der Waals surface area contributed by atoms with Gasteiger partial charge >= 0.3 is 0 Å². The molecular weight excluding hydrogens is 423 g/mol. The molecule has 2 aromatic heterocycles. The van der Waals surface area contributed by atoms with E-state index >= 15 is 0 Å². The van der Waals surface area contributed by atoms with Crippen molar-refractivity contribution in [1.82, 2.24) is 15.1 Å². The summed E-state index contributed by atoms with van der Waals surface area (Å²) >= 11 is 7.23. The van der Waals surface area contributed by atoms with E-state index in [0.717, 1.165) is 21.5 Å². The van der Waals surface area contributed by atoms with Crippen LogP contribution in [-0.2, 0) is 6.54 Å². The molecule has 4 rings (SSSR count). The number of halogens is 2. The van der Waals surface area contributed by atoms with Crippen LogP contribution in [0.3, 0.4) is 0 Å². The van der Waals surface area contributed by atoms with E-state index in [-0.39, 0.29) is 5.56 Å². The molecule has 0 fully saturated rings. The molecule has 1 unspecified atom stereocenters. The first kappa shape index (κ1) is 20.1. The van der Waals surface area contributed by atoms with Crippen LogP contribution in [0.1, 0.15) is 32.5 Å². The molecule has 1 amide bonds. The lowest BCUT2D eigenvalue weighted by Crippen LogP contribution is -2.27. The van der Waals surface area contributed by atoms with Crippen molar-refractivity contribution in [2.45, 2.75) is 19.5 Å². The lowest BCUT2D eigenvalue weighted by atomic mass is 10.1. The zero-order chi connectivity index (χ0) is 21.3. The molecule has 0 saturated carbocycles. The number of nitrogens with one attached hydrogen (secondary N) is 1. The Balaban J connectivity index is 1.60. The molecule has 1 atom stereocenters. The van der Waals surface area contributed by atoms with Crippen molar-refractivity contribution >= 4 is 39.1 Å². The van der Waals surface area contributed by atoms with Crippen LogP contribution in [0.15, 0.2) is 54.6 Å². The van der Waals surface area contributed by atoms with E-state index in [1.807, 2.05) is 41.9 Å². The zero-order valence-corrected chi connectivity index (χ0v) is 17.5. The first-order valence-electron chi connectivity index (χ1n) is 9.12. The second-order valence-electron chi connectivity index (χ2n) is 6.76. The van der Waals surface area contributed by atoms with E-state index in [0.29, 0.717) is 16.4 Å². The second kappa shape index (κ2) is 8.27. The fourth-order valence-corrected chi connectivity index (χ4v) is 4.38. The van der Waals surface area contributed by atoms with Crippen LogP contribution in [0.2, 0.25) is 5.02 Å². The quantitative estimate of drug-likeness (QED) is 0.463. The number of thiophene rings is 1. The highest BCUT2D eigenvalue weighted by Crippen LogP contribution is 2.29. The standard InChI is InChI=1S/C22H16ClFN4OS/c1-13-17-10-20(21(29)26-19(11-25)16-4-2-3-5-18(16)24)30-22(17)28(27-13)12-14-6-8-15(23)9-7-14/h2-10,19H,12H2,1H3,(H,26,29). The van der Waals surface area contributed by atoms with E-state index in [2.05, 4.69) is 10.4 Å². The molecular formula is C22H16ClFN4OS. The molecule has 2 aromatic carbocycles. The highest BCUT2D eigenvalue weighted by Gasteiger charge is 2.21. The minimum absolute atomic E-state index is 0.138. The normalized spacial score (nSPS) is 11.9. The highest BCUT2D eigenvalue weighted by atomic mass is 35.5. The van der Waals surface area contributed by atoms with E-state index in [4.69, 9.17) is 11.6 Å². The second-order valence-corrected chi connectivity index (χ2v) is 8.22. The summed E-state index contributed by atoms with van der Waals surface area (Å²) in [5, 5.41) is 18.1. The SMILES string of the molecule is Cc1nn(Cc2ccc(Cl)cc2)c2sc(C(=O)NC(C#N)c3ccccc3F)cc12. The van der Waals surface area contributed by atoms with Crippen LogP contribution in [0, 0.1) is 24.1 Å². The van der Waals surface area contributed by atoms with Crippen molar-refractivity contribution in [2.24, 2.45) is 0 Å². The molecule has 1 N–H and O–H groups in total. The van der Waals surface area contributed by atoms with Gasteiger partial charge in [-0.3, -0.25) is 9.48 Å². The molecule has 2 heterocycles. The largest absolute Gasteiger partial charge is 0.332 e. The summed E-state index contributed by atoms with van der Waals surface area (Å²) in [4.78, 5) is 14.1. The third-order valence-electron chi connectivity index (χ3n) is 4.70. The first-order valence-corrected chi connectivity index (χ1v) is 10.3. The van der Waals surface area contributed by atoms with Gasteiger partial charge in [-0.2, -0.15) is 10.4 Å². The first-order chi connectivity index (χ1) is 14.5. The van der Waals surface area contributed by atoms with Crippen LogP contribution in [0.25, 0.3) is 10.2 Å². The number of nitrogens with zero attached hydrogens (tertiary/aromatic N) is 3. The van der Waals surface area contributed by atoms with Crippen molar-refractivity contribution in [1.29, 1.82) is 5.26 Å². The predicted molar refractivity (Wildman–Crippen MR) is 115 cm³/mol. The summed E-state index contributed by atoms with van der Waals surface area (Å²) in [6.45, 7) is 2.42. The molecule has 0 spiro atoms. The van der Waals surface area contributed by atoms with Gasteiger partial charge in [0, 0.05) is 16.0 Å². The average Bonchev–Trinajstić information content (AvgIpc) is 3.30. The zero-order valence-electron chi connectivity index (χ0n) is 15.9. The van der Waals surface area contributed by atoms with E-state index in [9.17, 15) is 14.4 Å². The molecule has 0 aliphatic rings. The maximum atomic E-state index is 14.0. The summed E-state index contributed by atoms with van der Waals surface area (Å²) in [6, 6.07) is 16.1. The summed E-state index contributed by atoms with van der Waals surface area (Å²) in [5.41, 5.74) is 1.98. The third-order valence-corrected chi connectivity index (χ3v) is 6.10. The lowest BCUT2D eigenvalue weighted by molar-refractivity contribution is 0.0949. The Morgan fingerprint density at radius 2 is 2.03 bits per heavy atom. The molecule has 4 aromatic rings. The molecule has 5 nitrogen and oxygen atoms in total. The van der Waals surface area contributed by atoms with Crippen molar-refractivity contribution in [3.63, 3.8) is 0 Å². The molecule has 0 radical (unpaired) electrons. The summed E-state index contributed by atoms with van der Waals surface area (Å²) < 4.78 is 15.9. The number of carbonyl (C=O) groups excluding carboxylic acids is 1. The van der Waals surface area contributed by atoms with Gasteiger partial charge in [0.15, 0.2) is 0 Å². The molecule has 0 aliphatic carbocycles. The number of nitriles is 1. The van der Waals surface area contributed by atoms with Crippen LogP contribution >= 0.6 is 22.9 Å². The van der Waals surface area contributed by atoms with Crippen molar-refractivity contribution in [2.75, 3.05) is 0 Å². The Labute approximate surface area is 181 Å². The number of aryl methyl sites for hydroxylation is 1. The van der Waals surface area contributed by atoms with Gasteiger partial charge in [-0.05, 0) is 36.8 Å². The van der Waals surface area contributed by atoms with Gasteiger partial charge < -0.3 is 5.32 Å². The van der Waals surface area contributed by atoms with Crippen LogP contribution < -0.4 is 5.32 Å². The summed E-state index contributed by atoms with van der Waals surface area (Å²) in [6.07, 6.45) is 0. The molecule has 0 bridgehead atoms. The van der Waals surface area contributed by atoms with Crippen molar-refractivity contribution < 1.29 is 9.18 Å². The Morgan fingerprint density at radius 1 is 1.30 bits per heavy atom. The van der Waals surface area contributed by atoms with Gasteiger partial charge in [0.25, 0.3) is 5.91 Å². The molecule has 30 heavy (non-hydrogen) atoms. The summed E-state index contributed by atoms with van der Waals surface area (Å²) in [7, 11) is 0. The smallest absolute Gasteiger partial charge is 0.262 e. The Hall–Kier alpha value is -3.21. The molecule has 0 saturated heterocycles. The monoisotopic (exact) mass is 438 g/mol. The molecule has 150 valence electrons. The average molecular weight is 439 g/mol. The van der Waals surface area contributed by atoms with E-state index in [1.54, 1.807) is 12.1 Å². The Morgan fingerprint density at radius 3 is 2.73 bits per heavy atom. The molecule has 0 aliphatic heterocycles. The van der Waals surface area contributed by atoms with Crippen LogP contribution in [0.5, 0.6) is 0 Å². The van der Waals surface area contributed by atoms with Crippen molar-refractivity contribution in [3.05, 3.63) is 87.1 Å². The Bertz CT molecular complexity index is 1270. The topological polar surface area (TPSA) is 70.7 Å². The van der Waals surface area contributed by atoms with E-state index < -0.39 is 17.8 Å². The fraction of sp³-hybridized carbons (Fsp3) is 0.136. The number of hydrogen-bond acceptors (Lipinski definition) is 4. The van der Waals surface area contributed by atoms with Gasteiger partial charge in [0.05, 0.1) is 23.2 Å². The number of carbonyl (C=O) groups is 1. The number of aromatic nitrogens is 2. The van der Waals surface area contributed by atoms with Crippen molar-refractivity contribution in [3.8, 4) is 6.07 Å². The maximum Gasteiger partial charge on any atom is 0.262 e. The van der Waals surface area contributed by atoms with Gasteiger partial charge in [0.2, 0.25) is 0 Å². The fourth-order valence-electron chi connectivity index (χ4n) is 3.19. The van der Waals surface area contributed by atoms with Gasteiger partial charge in [-0.15, -0.1) is 11.3 Å². The number of amides is 1. The van der Waals surface area contributed by atoms with Gasteiger partial charge in [-0.1, -0.05) is 41.9 Å². The maximum absolute atomic E-state index is 14.0. The molecule has 8 heteroatoms. The predicted octanol–water partition coefficient (Wildman–Crippen LogP) is 5.24.